The zero-order valence-corrected chi connectivity index (χ0v) is 17.3. The normalized spacial score (nSPS) is 11.8. The Balaban J connectivity index is 1.86. The molecular formula is C22H23FN4OS. The van der Waals surface area contributed by atoms with E-state index in [1.807, 2.05) is 44.2 Å². The second-order valence-electron chi connectivity index (χ2n) is 6.36. The Morgan fingerprint density at radius 3 is 2.55 bits per heavy atom. The van der Waals surface area contributed by atoms with E-state index >= 15 is 0 Å². The van der Waals surface area contributed by atoms with E-state index in [2.05, 4.69) is 16.8 Å². The van der Waals surface area contributed by atoms with Crippen molar-refractivity contribution >= 4 is 23.4 Å². The molecule has 1 aromatic heterocycles. The molecule has 2 aromatic carbocycles. The fourth-order valence-corrected chi connectivity index (χ4v) is 3.93. The van der Waals surface area contributed by atoms with Crippen molar-refractivity contribution in [1.29, 1.82) is 0 Å². The van der Waals surface area contributed by atoms with Crippen LogP contribution in [0.4, 0.5) is 10.1 Å². The summed E-state index contributed by atoms with van der Waals surface area (Å²) in [5, 5.41) is 8.56. The maximum Gasteiger partial charge on any atom is 0.240 e. The summed E-state index contributed by atoms with van der Waals surface area (Å²) in [5.41, 5.74) is 1.22. The molecule has 0 saturated heterocycles. The van der Waals surface area contributed by atoms with E-state index in [-0.39, 0.29) is 11.7 Å². The molecule has 0 N–H and O–H groups in total. The highest BCUT2D eigenvalue weighted by Gasteiger charge is 2.25. The number of benzene rings is 2. The van der Waals surface area contributed by atoms with Gasteiger partial charge in [0.1, 0.15) is 5.82 Å². The van der Waals surface area contributed by atoms with Crippen molar-refractivity contribution < 1.29 is 9.18 Å². The Kier molecular flexibility index (Phi) is 6.82. The molecule has 1 amide bonds. The number of hydrogen-bond donors (Lipinski definition) is 0. The van der Waals surface area contributed by atoms with Gasteiger partial charge in [0.15, 0.2) is 11.0 Å². The van der Waals surface area contributed by atoms with Crippen LogP contribution >= 0.6 is 11.8 Å². The molecule has 0 fully saturated rings. The van der Waals surface area contributed by atoms with Gasteiger partial charge in [-0.3, -0.25) is 9.36 Å². The molecule has 1 unspecified atom stereocenters. The molecular weight excluding hydrogens is 387 g/mol. The number of halogens is 1. The summed E-state index contributed by atoms with van der Waals surface area (Å²) in [6.07, 6.45) is 1.70. The van der Waals surface area contributed by atoms with Gasteiger partial charge in [0.25, 0.3) is 0 Å². The lowest BCUT2D eigenvalue weighted by molar-refractivity contribution is -0.117. The first kappa shape index (κ1) is 20.8. The fraction of sp³-hybridized carbons (Fsp3) is 0.227. The molecule has 0 spiro atoms. The van der Waals surface area contributed by atoms with E-state index < -0.39 is 5.25 Å². The predicted molar refractivity (Wildman–Crippen MR) is 115 cm³/mol. The predicted octanol–water partition coefficient (Wildman–Crippen LogP) is 4.80. The van der Waals surface area contributed by atoms with Crippen molar-refractivity contribution in [3.63, 3.8) is 0 Å². The number of carbonyl (C=O) groups excluding carboxylic acids is 1. The number of para-hydroxylation sites is 1. The summed E-state index contributed by atoms with van der Waals surface area (Å²) in [7, 11) is 0. The van der Waals surface area contributed by atoms with Crippen LogP contribution in [0.1, 0.15) is 13.8 Å². The molecule has 0 aliphatic heterocycles. The van der Waals surface area contributed by atoms with Gasteiger partial charge >= 0.3 is 0 Å². The zero-order chi connectivity index (χ0) is 20.8. The number of thioether (sulfide) groups is 1. The van der Waals surface area contributed by atoms with Crippen molar-refractivity contribution in [3.8, 4) is 11.4 Å². The molecule has 3 rings (SSSR count). The quantitative estimate of drug-likeness (QED) is 0.395. The van der Waals surface area contributed by atoms with Crippen molar-refractivity contribution in [2.45, 2.75) is 30.8 Å². The van der Waals surface area contributed by atoms with Crippen LogP contribution in [0, 0.1) is 5.82 Å². The first-order chi connectivity index (χ1) is 14.1. The van der Waals surface area contributed by atoms with Gasteiger partial charge in [-0.1, -0.05) is 48.2 Å². The second kappa shape index (κ2) is 9.52. The SMILES string of the molecule is C=CCn1c(SC(C)C(=O)N(CC)c2ccccc2)nnc1-c1ccccc1F. The molecule has 7 heteroatoms. The Morgan fingerprint density at radius 2 is 1.90 bits per heavy atom. The summed E-state index contributed by atoms with van der Waals surface area (Å²) in [4.78, 5) is 14.8. The van der Waals surface area contributed by atoms with E-state index in [0.717, 1.165) is 5.69 Å². The Hall–Kier alpha value is -2.93. The first-order valence-electron chi connectivity index (χ1n) is 9.38. The smallest absolute Gasteiger partial charge is 0.240 e. The van der Waals surface area contributed by atoms with Crippen LogP contribution in [-0.4, -0.2) is 32.5 Å². The van der Waals surface area contributed by atoms with Crippen molar-refractivity contribution in [2.24, 2.45) is 0 Å². The minimum atomic E-state index is -0.392. The highest BCUT2D eigenvalue weighted by atomic mass is 32.2. The highest BCUT2D eigenvalue weighted by Crippen LogP contribution is 2.29. The summed E-state index contributed by atoms with van der Waals surface area (Å²) >= 11 is 1.31. The van der Waals surface area contributed by atoms with Gasteiger partial charge < -0.3 is 4.90 Å². The first-order valence-corrected chi connectivity index (χ1v) is 10.3. The fourth-order valence-electron chi connectivity index (χ4n) is 3.01. The van der Waals surface area contributed by atoms with E-state index in [0.29, 0.717) is 29.6 Å². The Labute approximate surface area is 174 Å². The average molecular weight is 411 g/mol. The van der Waals surface area contributed by atoms with Crippen LogP contribution < -0.4 is 4.90 Å². The number of carbonyl (C=O) groups is 1. The maximum absolute atomic E-state index is 14.3. The standard InChI is InChI=1S/C22H23FN4OS/c1-4-15-27-20(18-13-9-10-14-19(18)23)24-25-22(27)29-16(3)21(28)26(5-2)17-11-7-6-8-12-17/h4,6-14,16H,1,5,15H2,2-3H3. The summed E-state index contributed by atoms with van der Waals surface area (Å²) in [5.74, 6) is 0.0250. The molecule has 1 heterocycles. The summed E-state index contributed by atoms with van der Waals surface area (Å²) < 4.78 is 16.0. The van der Waals surface area contributed by atoms with Gasteiger partial charge in [-0.05, 0) is 38.1 Å². The van der Waals surface area contributed by atoms with Crippen LogP contribution in [0.3, 0.4) is 0 Å². The number of nitrogens with zero attached hydrogens (tertiary/aromatic N) is 4. The molecule has 0 aliphatic carbocycles. The third-order valence-electron chi connectivity index (χ3n) is 4.42. The number of anilines is 1. The average Bonchev–Trinajstić information content (AvgIpc) is 3.12. The number of hydrogen-bond acceptors (Lipinski definition) is 4. The molecule has 150 valence electrons. The molecule has 1 atom stereocenters. The van der Waals surface area contributed by atoms with Gasteiger partial charge in [-0.15, -0.1) is 16.8 Å². The zero-order valence-electron chi connectivity index (χ0n) is 16.5. The molecule has 0 aliphatic rings. The Bertz CT molecular complexity index is 989. The molecule has 0 bridgehead atoms. The van der Waals surface area contributed by atoms with Gasteiger partial charge in [-0.25, -0.2) is 4.39 Å². The lowest BCUT2D eigenvalue weighted by Gasteiger charge is -2.24. The summed E-state index contributed by atoms with van der Waals surface area (Å²) in [6, 6.07) is 16.0. The van der Waals surface area contributed by atoms with Gasteiger partial charge in [0, 0.05) is 18.8 Å². The maximum atomic E-state index is 14.3. The number of rotatable bonds is 8. The number of aromatic nitrogens is 3. The van der Waals surface area contributed by atoms with Crippen molar-refractivity contribution in [2.75, 3.05) is 11.4 Å². The Morgan fingerprint density at radius 1 is 1.21 bits per heavy atom. The molecule has 0 radical (unpaired) electrons. The lowest BCUT2D eigenvalue weighted by Crippen LogP contribution is -2.36. The van der Waals surface area contributed by atoms with Gasteiger partial charge in [0.05, 0.1) is 10.8 Å². The third kappa shape index (κ3) is 4.56. The van der Waals surface area contributed by atoms with Crippen LogP contribution in [0.15, 0.2) is 72.4 Å². The van der Waals surface area contributed by atoms with E-state index in [1.54, 1.807) is 33.7 Å². The van der Waals surface area contributed by atoms with E-state index in [9.17, 15) is 9.18 Å². The number of allylic oxidation sites excluding steroid dienone is 1. The third-order valence-corrected chi connectivity index (χ3v) is 5.49. The summed E-state index contributed by atoms with van der Waals surface area (Å²) in [6.45, 7) is 8.54. The van der Waals surface area contributed by atoms with Crippen LogP contribution in [0.25, 0.3) is 11.4 Å². The van der Waals surface area contributed by atoms with Gasteiger partial charge in [-0.2, -0.15) is 0 Å². The second-order valence-corrected chi connectivity index (χ2v) is 7.67. The minimum Gasteiger partial charge on any atom is -0.312 e. The van der Waals surface area contributed by atoms with Crippen LogP contribution in [-0.2, 0) is 11.3 Å². The lowest BCUT2D eigenvalue weighted by atomic mass is 10.2. The topological polar surface area (TPSA) is 51.0 Å². The minimum absolute atomic E-state index is 0.0238. The largest absolute Gasteiger partial charge is 0.312 e. The monoisotopic (exact) mass is 410 g/mol. The van der Waals surface area contributed by atoms with Crippen molar-refractivity contribution in [1.82, 2.24) is 14.8 Å². The van der Waals surface area contributed by atoms with Crippen molar-refractivity contribution in [3.05, 3.63) is 73.1 Å². The molecule has 3 aromatic rings. The van der Waals surface area contributed by atoms with Crippen LogP contribution in [0.5, 0.6) is 0 Å². The highest BCUT2D eigenvalue weighted by molar-refractivity contribution is 8.00. The van der Waals surface area contributed by atoms with E-state index in [1.165, 1.54) is 17.8 Å². The molecule has 29 heavy (non-hydrogen) atoms. The van der Waals surface area contributed by atoms with Gasteiger partial charge in [0.2, 0.25) is 5.91 Å². The number of amides is 1. The molecule has 5 nitrogen and oxygen atoms in total. The molecule has 0 saturated carbocycles. The van der Waals surface area contributed by atoms with Crippen LogP contribution in [0.2, 0.25) is 0 Å². The van der Waals surface area contributed by atoms with E-state index in [4.69, 9.17) is 0 Å².